The number of carbonyl (C=O) groups is 5. The summed E-state index contributed by atoms with van der Waals surface area (Å²) in [5.41, 5.74) is 12.0. The lowest BCUT2D eigenvalue weighted by atomic mass is 9.90. The first kappa shape index (κ1) is 108. The number of aliphatic hydroxyl groups excluding tert-OH is 1. The van der Waals surface area contributed by atoms with Crippen LogP contribution in [0.1, 0.15) is 171 Å². The van der Waals surface area contributed by atoms with Gasteiger partial charge < -0.3 is 59.2 Å². The van der Waals surface area contributed by atoms with Gasteiger partial charge in [0.1, 0.15) is 61.3 Å². The van der Waals surface area contributed by atoms with Gasteiger partial charge >= 0.3 is 35.3 Å². The first-order valence-electron chi connectivity index (χ1n) is 41.7. The average molecular weight is 2040 g/mol. The second-order valence-electron chi connectivity index (χ2n) is 30.8. The molecule has 8 aliphatic rings. The molecule has 3 aliphatic carbocycles. The number of aliphatic hydroxyl groups is 1. The van der Waals surface area contributed by atoms with E-state index in [1.54, 1.807) is 47.3 Å². The van der Waals surface area contributed by atoms with Crippen LogP contribution in [0.2, 0.25) is 8.67 Å². The number of nitro groups is 2. The summed E-state index contributed by atoms with van der Waals surface area (Å²) in [6.07, 6.45) is 34.3. The van der Waals surface area contributed by atoms with Crippen LogP contribution in [0.4, 0.5) is 33.6 Å². The number of alkyl halides is 1. The Kier molecular flexibility index (Phi) is 46.3. The van der Waals surface area contributed by atoms with Gasteiger partial charge in [0.25, 0.3) is 0 Å². The molecule has 0 amide bonds. The van der Waals surface area contributed by atoms with Crippen LogP contribution in [-0.4, -0.2) is 251 Å². The maximum absolute atomic E-state index is 13.1. The number of rotatable bonds is 30. The normalized spacial score (nSPS) is 18.0. The van der Waals surface area contributed by atoms with E-state index in [9.17, 15) is 69.5 Å². The van der Waals surface area contributed by atoms with E-state index in [0.717, 1.165) is 129 Å². The van der Waals surface area contributed by atoms with Crippen LogP contribution in [0.3, 0.4) is 0 Å². The van der Waals surface area contributed by atoms with E-state index < -0.39 is 69.1 Å². The number of ether oxygens (including phenoxy) is 9. The van der Waals surface area contributed by atoms with E-state index in [2.05, 4.69) is 70.7 Å². The van der Waals surface area contributed by atoms with Gasteiger partial charge in [-0.2, -0.15) is 25.5 Å². The molecule has 720 valence electrons. The van der Waals surface area contributed by atoms with Crippen LogP contribution >= 0.6 is 72.5 Å². The molecule has 12 heterocycles. The molecule has 5 unspecified atom stereocenters. The van der Waals surface area contributed by atoms with Crippen LogP contribution in [-0.2, 0) is 102 Å². The fourth-order valence-electron chi connectivity index (χ4n) is 13.5. The number of ketones is 1. The molecule has 0 bridgehead atoms. The van der Waals surface area contributed by atoms with E-state index in [1.807, 2.05) is 0 Å². The lowest BCUT2D eigenvalue weighted by molar-refractivity contribution is -0.385. The molecular formula is C77H114BrCl3N18O25S5. The van der Waals surface area contributed by atoms with Gasteiger partial charge in [0, 0.05) is 95.8 Å². The minimum atomic E-state index is -3.37. The predicted octanol–water partition coefficient (Wildman–Crippen LogP) is 10.9. The van der Waals surface area contributed by atoms with Crippen molar-refractivity contribution < 1.29 is 107 Å². The minimum absolute atomic E-state index is 0.00926. The molecular weight excluding hydrogens is 1920 g/mol. The number of hydrogen-bond donors (Lipinski definition) is 6. The van der Waals surface area contributed by atoms with Gasteiger partial charge in [-0.15, -0.1) is 11.3 Å². The van der Waals surface area contributed by atoms with Crippen LogP contribution < -0.4 is 20.9 Å². The maximum atomic E-state index is 13.1. The topological polar surface area (TPSA) is 579 Å². The van der Waals surface area contributed by atoms with Crippen molar-refractivity contribution in [3.05, 3.63) is 108 Å². The van der Waals surface area contributed by atoms with Crippen LogP contribution in [0, 0.1) is 49.8 Å². The van der Waals surface area contributed by atoms with Crippen molar-refractivity contribution in [1.82, 2.24) is 59.3 Å². The Morgan fingerprint density at radius 3 is 1.15 bits per heavy atom. The zero-order valence-corrected chi connectivity index (χ0v) is 80.0. The molecule has 5 atom stereocenters. The third-order valence-corrected chi connectivity index (χ3v) is 29.6. The average Bonchev–Trinajstić information content (AvgIpc) is 1.66. The first-order chi connectivity index (χ1) is 61.6. The number of esters is 4. The third kappa shape index (κ3) is 39.3. The summed E-state index contributed by atoms with van der Waals surface area (Å²) in [5.74, 6) is 0.836. The number of nitrogens with zero attached hydrogens (tertiary/aromatic N) is 13. The second-order valence-corrected chi connectivity index (χ2v) is 42.2. The summed E-state index contributed by atoms with van der Waals surface area (Å²) in [4.78, 5) is 87.2. The molecule has 129 heavy (non-hydrogen) atoms. The summed E-state index contributed by atoms with van der Waals surface area (Å²) < 4.78 is 127. The Morgan fingerprint density at radius 1 is 0.512 bits per heavy atom. The number of aromatic nitrogens is 12. The number of H-pyrrole nitrogens is 1. The summed E-state index contributed by atoms with van der Waals surface area (Å²) in [5, 5.41) is 50.6. The lowest BCUT2D eigenvalue weighted by Gasteiger charge is -2.26. The molecule has 52 heteroatoms. The van der Waals surface area contributed by atoms with Crippen LogP contribution in [0.5, 0.6) is 0 Å². The molecule has 0 radical (unpaired) electrons. The highest BCUT2D eigenvalue weighted by Crippen LogP contribution is 2.37. The number of nitrogen functional groups attached to an aromatic ring is 2. The third-order valence-electron chi connectivity index (χ3n) is 21.0. The number of Topliss-reactive ketones (excluding diaryl/α,β-unsaturated/α-hetero) is 1. The number of nitrogens with two attached hydrogens (primary N) is 2. The molecule has 7 aromatic rings. The number of hydrogen-bond acceptors (Lipinski definition) is 36. The number of methoxy groups -OCH3 is 4. The second kappa shape index (κ2) is 55.4. The Labute approximate surface area is 778 Å². The standard InChI is InChI=1S/C18H23ClN4O4S2.C15H23N3O5S.C12H17N3O5.C12H19N3O3.C9H15BrO3.C3H3ClN2S.C3H5ClO2S.C3H3N3O2.C2H6O/c19-17-10-20-18(28-17)8-16(24)15(7-12-3-5-27-6-4-12)23-11-13(9-21-23)22-29(25,26)14-1-2-14;1-22-15(19)14(8-11-4-6-23-7-5-11)18-10-12(9-16-18)17-24(20,21)13-2-3-13;1-19-12(16)11(6-9-2-4-20-5-3-9)14-8-10(7-13-14)15(17)18;1-17-12(16)11(15-8-10(13)7-14-15)6-9-2-4-18-5-3-9;1-12-9(11)8(10)6-7-2-4-13-5-3-7;4-2-1-6-3(5)7-2;4-7(5,6)3-1-2-3;7-6(8)3-1-4-5-2-3;1-2-3/h9-12,14-15,22H,1-8H2;9-11,13-14,17H,2-8H2,1H3;7-9,11H,2-6H2,1H3;7-9,11H,2-6,13H2,1H3;7-8H,2-6H2,1H3;1H,(H2,5,6);3H,1-2H2;1-2H,(H,4,5);3H,2H2,1H3. The summed E-state index contributed by atoms with van der Waals surface area (Å²) >= 11 is 17.3. The smallest absolute Gasteiger partial charge is 0.330 e. The highest BCUT2D eigenvalue weighted by atomic mass is 79.9. The summed E-state index contributed by atoms with van der Waals surface area (Å²) in [6.45, 7) is 9.25. The van der Waals surface area contributed by atoms with Crippen molar-refractivity contribution in [2.45, 2.75) is 193 Å². The zero-order chi connectivity index (χ0) is 94.2. The largest absolute Gasteiger partial charge is 0.468 e. The molecule has 43 nitrogen and oxygen atoms in total. The number of sulfonamides is 2. The number of aromatic amines is 1. The molecule has 3 saturated carbocycles. The van der Waals surface area contributed by atoms with Gasteiger partial charge in [-0.3, -0.25) is 63.1 Å². The molecule has 5 saturated heterocycles. The number of anilines is 4. The SMILES string of the molecule is CCO.COC(=O)C(Br)CC1CCOCC1.COC(=O)C(CC1CCOCC1)n1cc(N)cn1.COC(=O)C(CC1CCOCC1)n1cc(NS(=O)(=O)C2CC2)cn1.COC(=O)C(CC1CCOCC1)n1cc([N+](=O)[O-])cn1.Nc1ncc(Cl)s1.O=C(Cc1ncc(Cl)s1)C(CC1CCOCC1)n1cc(NS(=O)(=O)C2CC2)cn1.O=S(=O)(Cl)C1CC1.O=[N+]([O-])c1cn[nH]c1. The molecule has 7 aromatic heterocycles. The Hall–Kier alpha value is -8.18. The fraction of sp³-hybridized carbons (Fsp3) is 0.662. The van der Waals surface area contributed by atoms with Gasteiger partial charge in [0.2, 0.25) is 29.1 Å². The van der Waals surface area contributed by atoms with Gasteiger partial charge in [0.15, 0.2) is 10.9 Å². The van der Waals surface area contributed by atoms with Gasteiger partial charge in [-0.05, 0) is 171 Å². The Morgan fingerprint density at radius 2 is 0.860 bits per heavy atom. The van der Waals surface area contributed by atoms with Gasteiger partial charge in [0.05, 0.1) is 121 Å². The number of thiazole rings is 2. The molecule has 8 N–H and O–H groups in total. The quantitative estimate of drug-likeness (QED) is 0.00608. The van der Waals surface area contributed by atoms with Crippen molar-refractivity contribution in [1.29, 1.82) is 0 Å². The predicted molar refractivity (Wildman–Crippen MR) is 482 cm³/mol. The van der Waals surface area contributed by atoms with Gasteiger partial charge in [-0.1, -0.05) is 50.5 Å². The number of nitrogens with one attached hydrogen (secondary N) is 3. The van der Waals surface area contributed by atoms with Crippen molar-refractivity contribution in [2.75, 3.05) is 122 Å². The zero-order valence-electron chi connectivity index (χ0n) is 72.0. The molecule has 0 aromatic carbocycles. The van der Waals surface area contributed by atoms with E-state index in [1.165, 1.54) is 91.5 Å². The minimum Gasteiger partial charge on any atom is -0.468 e. The van der Waals surface area contributed by atoms with Crippen LogP contribution in [0.15, 0.2) is 74.4 Å². The number of carbonyl (C=O) groups excluding carboxylic acids is 5. The summed E-state index contributed by atoms with van der Waals surface area (Å²) in [7, 11) is 0.492. The van der Waals surface area contributed by atoms with E-state index in [4.69, 9.17) is 88.4 Å². The summed E-state index contributed by atoms with van der Waals surface area (Å²) in [6, 6.07) is -2.07. The maximum Gasteiger partial charge on any atom is 0.330 e. The van der Waals surface area contributed by atoms with E-state index in [-0.39, 0.29) is 68.7 Å². The Balaban J connectivity index is 0.000000209. The number of halogens is 4. The molecule has 5 aliphatic heterocycles. The fourth-order valence-corrected chi connectivity index (χ4v) is 19.8. The van der Waals surface area contributed by atoms with E-state index in [0.29, 0.717) is 150 Å². The molecule has 0 spiro atoms. The lowest BCUT2D eigenvalue weighted by Crippen LogP contribution is -2.27. The van der Waals surface area contributed by atoms with Crippen molar-refractivity contribution in [3.63, 3.8) is 0 Å². The van der Waals surface area contributed by atoms with Gasteiger partial charge in [-0.25, -0.2) is 49.6 Å². The van der Waals surface area contributed by atoms with Crippen LogP contribution in [0.25, 0.3) is 0 Å². The highest BCUT2D eigenvalue weighted by molar-refractivity contribution is 9.10. The van der Waals surface area contributed by atoms with Crippen molar-refractivity contribution in [3.8, 4) is 0 Å². The first-order valence-corrected chi connectivity index (χ1v) is 50.4. The van der Waals surface area contributed by atoms with E-state index >= 15 is 0 Å². The monoisotopic (exact) mass is 2030 g/mol. The van der Waals surface area contributed by atoms with Crippen molar-refractivity contribution in [2.24, 2.45) is 29.6 Å². The highest BCUT2D eigenvalue weighted by Gasteiger charge is 2.39. The molecule has 8 fully saturated rings. The Bertz CT molecular complexity index is 4890. The molecule has 15 rings (SSSR count). The van der Waals surface area contributed by atoms with Crippen molar-refractivity contribution >= 4 is 165 Å².